The van der Waals surface area contributed by atoms with E-state index in [-0.39, 0.29) is 23.7 Å². The molecule has 0 unspecified atom stereocenters. The van der Waals surface area contributed by atoms with E-state index in [0.717, 1.165) is 6.07 Å². The number of hydrogen-bond donors (Lipinski definition) is 2. The molecule has 19 heavy (non-hydrogen) atoms. The fraction of sp³-hybridized carbons (Fsp3) is 0.385. The van der Waals surface area contributed by atoms with E-state index in [9.17, 15) is 14.0 Å². The third-order valence-electron chi connectivity index (χ3n) is 2.95. The summed E-state index contributed by atoms with van der Waals surface area (Å²) in [6, 6.07) is 2.50. The fourth-order valence-electron chi connectivity index (χ4n) is 1.40. The summed E-state index contributed by atoms with van der Waals surface area (Å²) in [7, 11) is 1.64. The minimum atomic E-state index is -0.540. The van der Waals surface area contributed by atoms with Crippen LogP contribution in [0, 0.1) is 12.7 Å². The van der Waals surface area contributed by atoms with Crippen LogP contribution >= 0.6 is 0 Å². The van der Waals surface area contributed by atoms with Crippen molar-refractivity contribution in [1.82, 2.24) is 10.2 Å². The Morgan fingerprint density at radius 3 is 2.58 bits per heavy atom. The zero-order chi connectivity index (χ0) is 14.6. The number of halogens is 1. The van der Waals surface area contributed by atoms with E-state index in [0.29, 0.717) is 12.1 Å². The third-order valence-corrected chi connectivity index (χ3v) is 2.95. The Morgan fingerprint density at radius 2 is 2.05 bits per heavy atom. The molecule has 5 nitrogen and oxygen atoms in total. The molecule has 1 rings (SSSR count). The summed E-state index contributed by atoms with van der Waals surface area (Å²) in [5.74, 6) is -1.28. The predicted octanol–water partition coefficient (Wildman–Crippen LogP) is 0.924. The summed E-state index contributed by atoms with van der Waals surface area (Å²) in [5.41, 5.74) is 6.21. The smallest absolute Gasteiger partial charge is 0.251 e. The van der Waals surface area contributed by atoms with Gasteiger partial charge in [-0.2, -0.15) is 0 Å². The van der Waals surface area contributed by atoms with Crippen molar-refractivity contribution in [3.63, 3.8) is 0 Å². The van der Waals surface area contributed by atoms with Gasteiger partial charge in [0.25, 0.3) is 5.91 Å². The molecule has 0 aliphatic carbocycles. The van der Waals surface area contributed by atoms with Crippen LogP contribution in [0.2, 0.25) is 0 Å². The second-order valence-corrected chi connectivity index (χ2v) is 4.26. The number of nitrogens with one attached hydrogen (secondary N) is 1. The van der Waals surface area contributed by atoms with Crippen LogP contribution in [0.3, 0.4) is 0 Å². The summed E-state index contributed by atoms with van der Waals surface area (Å²) in [5, 5.41) is 2.44. The molecule has 2 amide bonds. The number of anilines is 1. The van der Waals surface area contributed by atoms with E-state index in [1.165, 1.54) is 17.9 Å². The molecule has 0 heterocycles. The molecule has 0 saturated carbocycles. The molecule has 0 bridgehead atoms. The maximum atomic E-state index is 13.4. The van der Waals surface area contributed by atoms with E-state index in [4.69, 9.17) is 5.73 Å². The number of nitrogen functional groups attached to an aromatic ring is 1. The van der Waals surface area contributed by atoms with Crippen LogP contribution in [-0.4, -0.2) is 36.9 Å². The number of amides is 2. The van der Waals surface area contributed by atoms with Gasteiger partial charge in [0.1, 0.15) is 5.82 Å². The lowest BCUT2D eigenvalue weighted by molar-refractivity contribution is -0.128. The minimum absolute atomic E-state index is 0.104. The van der Waals surface area contributed by atoms with Crippen molar-refractivity contribution in [2.45, 2.75) is 13.8 Å². The van der Waals surface area contributed by atoms with Crippen molar-refractivity contribution in [2.75, 3.05) is 25.9 Å². The van der Waals surface area contributed by atoms with Crippen LogP contribution in [-0.2, 0) is 4.79 Å². The Morgan fingerprint density at radius 1 is 1.42 bits per heavy atom. The highest BCUT2D eigenvalue weighted by atomic mass is 19.1. The summed E-state index contributed by atoms with van der Waals surface area (Å²) >= 11 is 0. The number of nitrogens with two attached hydrogens (primary N) is 1. The molecule has 3 N–H and O–H groups in total. The summed E-state index contributed by atoms with van der Waals surface area (Å²) in [4.78, 5) is 24.8. The summed E-state index contributed by atoms with van der Waals surface area (Å²) in [6.07, 6.45) is 0. The Bertz CT molecular complexity index is 480. The lowest BCUT2D eigenvalue weighted by atomic mass is 10.1. The number of hydrogen-bond acceptors (Lipinski definition) is 3. The Balaban J connectivity index is 2.72. The molecule has 0 aromatic heterocycles. The molecule has 6 heteroatoms. The number of carbonyl (C=O) groups excluding carboxylic acids is 2. The van der Waals surface area contributed by atoms with Gasteiger partial charge in [-0.3, -0.25) is 9.59 Å². The summed E-state index contributed by atoms with van der Waals surface area (Å²) in [6.45, 7) is 3.79. The minimum Gasteiger partial charge on any atom is -0.398 e. The van der Waals surface area contributed by atoms with E-state index < -0.39 is 11.7 Å². The first-order valence-corrected chi connectivity index (χ1v) is 5.94. The van der Waals surface area contributed by atoms with Gasteiger partial charge in [0, 0.05) is 30.4 Å². The molecule has 0 radical (unpaired) electrons. The number of rotatable bonds is 4. The second-order valence-electron chi connectivity index (χ2n) is 4.26. The molecule has 0 aliphatic rings. The van der Waals surface area contributed by atoms with Gasteiger partial charge in [0.05, 0.1) is 6.54 Å². The van der Waals surface area contributed by atoms with E-state index in [1.807, 2.05) is 6.92 Å². The molecule has 0 fully saturated rings. The average Bonchev–Trinajstić information content (AvgIpc) is 2.39. The van der Waals surface area contributed by atoms with Crippen LogP contribution < -0.4 is 11.1 Å². The van der Waals surface area contributed by atoms with E-state index in [1.54, 1.807) is 7.05 Å². The highest BCUT2D eigenvalue weighted by Gasteiger charge is 2.13. The third kappa shape index (κ3) is 3.67. The van der Waals surface area contributed by atoms with Gasteiger partial charge in [-0.25, -0.2) is 4.39 Å². The Hall–Kier alpha value is -2.11. The van der Waals surface area contributed by atoms with Crippen molar-refractivity contribution in [3.8, 4) is 0 Å². The van der Waals surface area contributed by atoms with Gasteiger partial charge in [0.2, 0.25) is 5.91 Å². The molecule has 0 saturated heterocycles. The lowest BCUT2D eigenvalue weighted by Crippen LogP contribution is -2.38. The van der Waals surface area contributed by atoms with Gasteiger partial charge >= 0.3 is 0 Å². The molecular weight excluding hydrogens is 249 g/mol. The topological polar surface area (TPSA) is 75.4 Å². The van der Waals surface area contributed by atoms with Crippen molar-refractivity contribution >= 4 is 17.5 Å². The van der Waals surface area contributed by atoms with Crippen molar-refractivity contribution in [2.24, 2.45) is 0 Å². The van der Waals surface area contributed by atoms with Crippen LogP contribution in [0.1, 0.15) is 22.8 Å². The zero-order valence-electron chi connectivity index (χ0n) is 11.3. The number of benzene rings is 1. The van der Waals surface area contributed by atoms with Gasteiger partial charge in [-0.05, 0) is 26.0 Å². The first kappa shape index (κ1) is 14.9. The molecule has 0 aliphatic heterocycles. The predicted molar refractivity (Wildman–Crippen MR) is 71.2 cm³/mol. The molecular formula is C13H18FN3O2. The second kappa shape index (κ2) is 6.17. The first-order valence-electron chi connectivity index (χ1n) is 5.94. The van der Waals surface area contributed by atoms with Crippen LogP contribution in [0.5, 0.6) is 0 Å². The van der Waals surface area contributed by atoms with Crippen LogP contribution in [0.4, 0.5) is 10.1 Å². The van der Waals surface area contributed by atoms with E-state index in [2.05, 4.69) is 5.32 Å². The van der Waals surface area contributed by atoms with Gasteiger partial charge < -0.3 is 16.0 Å². The summed E-state index contributed by atoms with van der Waals surface area (Å²) < 4.78 is 13.4. The maximum Gasteiger partial charge on any atom is 0.251 e. The van der Waals surface area contributed by atoms with Crippen LogP contribution in [0.25, 0.3) is 0 Å². The average molecular weight is 267 g/mol. The van der Waals surface area contributed by atoms with Crippen molar-refractivity contribution in [1.29, 1.82) is 0 Å². The quantitative estimate of drug-likeness (QED) is 0.797. The van der Waals surface area contributed by atoms with Crippen molar-refractivity contribution in [3.05, 3.63) is 29.1 Å². The maximum absolute atomic E-state index is 13.4. The lowest BCUT2D eigenvalue weighted by Gasteiger charge is -2.15. The number of nitrogens with zero attached hydrogens (tertiary/aromatic N) is 1. The number of carbonyl (C=O) groups is 2. The highest BCUT2D eigenvalue weighted by Crippen LogP contribution is 2.17. The molecule has 0 spiro atoms. The van der Waals surface area contributed by atoms with Gasteiger partial charge in [-0.15, -0.1) is 0 Å². The molecule has 0 atom stereocenters. The van der Waals surface area contributed by atoms with Gasteiger partial charge in [-0.1, -0.05) is 0 Å². The van der Waals surface area contributed by atoms with Gasteiger partial charge in [0.15, 0.2) is 0 Å². The molecule has 1 aromatic rings. The first-order chi connectivity index (χ1) is 8.86. The largest absolute Gasteiger partial charge is 0.398 e. The fourth-order valence-corrected chi connectivity index (χ4v) is 1.40. The van der Waals surface area contributed by atoms with Crippen LogP contribution in [0.15, 0.2) is 12.1 Å². The standard InChI is InChI=1S/C13H18FN3O2/c1-4-17(3)12(18)7-16-13(19)9-5-10(14)8(2)11(15)6-9/h5-6H,4,7,15H2,1-3H3,(H,16,19). The Labute approximate surface area is 111 Å². The zero-order valence-corrected chi connectivity index (χ0v) is 11.3. The normalized spacial score (nSPS) is 10.1. The molecule has 1 aromatic carbocycles. The SMILES string of the molecule is CCN(C)C(=O)CNC(=O)c1cc(N)c(C)c(F)c1. The monoisotopic (exact) mass is 267 g/mol. The highest BCUT2D eigenvalue weighted by molar-refractivity contribution is 5.97. The number of likely N-dealkylation sites (N-methyl/N-ethyl adjacent to an activating group) is 1. The Kier molecular flexibility index (Phi) is 4.86. The van der Waals surface area contributed by atoms with E-state index >= 15 is 0 Å². The molecule has 104 valence electrons. The van der Waals surface area contributed by atoms with Crippen molar-refractivity contribution < 1.29 is 14.0 Å².